The molecular formula is C12H21N3O. The number of aryl methyl sites for hydroxylation is 1. The van der Waals surface area contributed by atoms with E-state index in [0.29, 0.717) is 12.0 Å². The lowest BCUT2D eigenvalue weighted by atomic mass is 9.93. The van der Waals surface area contributed by atoms with Crippen LogP contribution in [0, 0.1) is 12.8 Å². The van der Waals surface area contributed by atoms with Crippen molar-refractivity contribution in [2.75, 3.05) is 13.1 Å². The summed E-state index contributed by atoms with van der Waals surface area (Å²) in [5.41, 5.74) is 6.70. The molecule has 0 bridgehead atoms. The van der Waals surface area contributed by atoms with Gasteiger partial charge in [-0.2, -0.15) is 0 Å². The average molecular weight is 223 g/mol. The second-order valence-electron chi connectivity index (χ2n) is 4.89. The standard InChI is InChI=1S/C12H21N3O/c1-9-5-12(16-14-9)8-15-7-11(6-13)4-3-10(15)2/h5,10-11H,3-4,6-8,13H2,1-2H3. The van der Waals surface area contributed by atoms with E-state index in [2.05, 4.69) is 17.0 Å². The van der Waals surface area contributed by atoms with Crippen LogP contribution in [0.4, 0.5) is 0 Å². The topological polar surface area (TPSA) is 55.3 Å². The molecule has 2 heterocycles. The van der Waals surface area contributed by atoms with Crippen LogP contribution in [0.5, 0.6) is 0 Å². The Labute approximate surface area is 96.8 Å². The Hall–Kier alpha value is -0.870. The predicted octanol–water partition coefficient (Wildman–Crippen LogP) is 1.54. The number of hydrogen-bond acceptors (Lipinski definition) is 4. The lowest BCUT2D eigenvalue weighted by Gasteiger charge is -2.36. The Morgan fingerprint density at radius 2 is 2.38 bits per heavy atom. The summed E-state index contributed by atoms with van der Waals surface area (Å²) >= 11 is 0. The van der Waals surface area contributed by atoms with Crippen molar-refractivity contribution in [2.45, 2.75) is 39.3 Å². The number of likely N-dealkylation sites (tertiary alicyclic amines) is 1. The number of nitrogens with two attached hydrogens (primary N) is 1. The molecule has 1 saturated heterocycles. The van der Waals surface area contributed by atoms with Crippen molar-refractivity contribution < 1.29 is 4.52 Å². The first-order valence-electron chi connectivity index (χ1n) is 6.05. The van der Waals surface area contributed by atoms with E-state index in [0.717, 1.165) is 31.1 Å². The van der Waals surface area contributed by atoms with E-state index in [1.54, 1.807) is 0 Å². The molecule has 1 aliphatic heterocycles. The van der Waals surface area contributed by atoms with E-state index in [4.69, 9.17) is 10.3 Å². The first-order chi connectivity index (χ1) is 7.69. The van der Waals surface area contributed by atoms with Crippen LogP contribution in [-0.2, 0) is 6.54 Å². The average Bonchev–Trinajstić information content (AvgIpc) is 2.67. The van der Waals surface area contributed by atoms with Gasteiger partial charge in [0, 0.05) is 18.7 Å². The lowest BCUT2D eigenvalue weighted by Crippen LogP contribution is -2.43. The Morgan fingerprint density at radius 1 is 1.56 bits per heavy atom. The summed E-state index contributed by atoms with van der Waals surface area (Å²) in [5.74, 6) is 1.60. The molecule has 0 amide bonds. The molecule has 16 heavy (non-hydrogen) atoms. The zero-order chi connectivity index (χ0) is 11.5. The van der Waals surface area contributed by atoms with E-state index in [9.17, 15) is 0 Å². The largest absolute Gasteiger partial charge is 0.360 e. The fourth-order valence-corrected chi connectivity index (χ4v) is 2.37. The fourth-order valence-electron chi connectivity index (χ4n) is 2.37. The molecule has 2 rings (SSSR count). The van der Waals surface area contributed by atoms with E-state index in [-0.39, 0.29) is 0 Å². The summed E-state index contributed by atoms with van der Waals surface area (Å²) in [4.78, 5) is 2.45. The number of piperidine rings is 1. The van der Waals surface area contributed by atoms with Gasteiger partial charge in [-0.1, -0.05) is 5.16 Å². The van der Waals surface area contributed by atoms with Crippen molar-refractivity contribution in [2.24, 2.45) is 11.7 Å². The minimum atomic E-state index is 0.619. The van der Waals surface area contributed by atoms with Crippen molar-refractivity contribution in [1.82, 2.24) is 10.1 Å². The van der Waals surface area contributed by atoms with Gasteiger partial charge in [0.05, 0.1) is 12.2 Å². The second kappa shape index (κ2) is 4.97. The highest BCUT2D eigenvalue weighted by Gasteiger charge is 2.25. The Morgan fingerprint density at radius 3 is 3.00 bits per heavy atom. The number of nitrogens with zero attached hydrogens (tertiary/aromatic N) is 2. The van der Waals surface area contributed by atoms with E-state index in [1.807, 2.05) is 13.0 Å². The van der Waals surface area contributed by atoms with Gasteiger partial charge in [-0.15, -0.1) is 0 Å². The maximum atomic E-state index is 5.75. The van der Waals surface area contributed by atoms with Crippen molar-refractivity contribution in [3.8, 4) is 0 Å². The van der Waals surface area contributed by atoms with Gasteiger partial charge in [-0.3, -0.25) is 4.90 Å². The third kappa shape index (κ3) is 2.62. The van der Waals surface area contributed by atoms with Gasteiger partial charge < -0.3 is 10.3 Å². The van der Waals surface area contributed by atoms with E-state index >= 15 is 0 Å². The number of hydrogen-bond donors (Lipinski definition) is 1. The molecule has 0 aromatic carbocycles. The van der Waals surface area contributed by atoms with Crippen LogP contribution in [-0.4, -0.2) is 29.2 Å². The van der Waals surface area contributed by atoms with Crippen LogP contribution < -0.4 is 5.73 Å². The van der Waals surface area contributed by atoms with Crippen LogP contribution in [0.3, 0.4) is 0 Å². The first-order valence-corrected chi connectivity index (χ1v) is 6.05. The maximum Gasteiger partial charge on any atom is 0.150 e. The minimum Gasteiger partial charge on any atom is -0.360 e. The zero-order valence-electron chi connectivity index (χ0n) is 10.1. The van der Waals surface area contributed by atoms with E-state index < -0.39 is 0 Å². The highest BCUT2D eigenvalue weighted by Crippen LogP contribution is 2.23. The SMILES string of the molecule is Cc1cc(CN2CC(CN)CCC2C)on1. The number of rotatable bonds is 3. The smallest absolute Gasteiger partial charge is 0.150 e. The van der Waals surface area contributed by atoms with Crippen LogP contribution >= 0.6 is 0 Å². The van der Waals surface area contributed by atoms with Crippen LogP contribution in [0.25, 0.3) is 0 Å². The Bertz CT molecular complexity index is 337. The zero-order valence-corrected chi connectivity index (χ0v) is 10.1. The van der Waals surface area contributed by atoms with Gasteiger partial charge in [0.1, 0.15) is 0 Å². The van der Waals surface area contributed by atoms with Crippen molar-refractivity contribution in [1.29, 1.82) is 0 Å². The van der Waals surface area contributed by atoms with Crippen molar-refractivity contribution in [3.63, 3.8) is 0 Å². The van der Waals surface area contributed by atoms with Gasteiger partial charge in [0.2, 0.25) is 0 Å². The molecule has 0 aliphatic carbocycles. The lowest BCUT2D eigenvalue weighted by molar-refractivity contribution is 0.102. The van der Waals surface area contributed by atoms with Gasteiger partial charge in [-0.25, -0.2) is 0 Å². The molecular weight excluding hydrogens is 202 g/mol. The number of aromatic nitrogens is 1. The van der Waals surface area contributed by atoms with Crippen molar-refractivity contribution in [3.05, 3.63) is 17.5 Å². The Kier molecular flexibility index (Phi) is 3.61. The summed E-state index contributed by atoms with van der Waals surface area (Å²) in [6.45, 7) is 6.96. The molecule has 1 aromatic heterocycles. The third-order valence-corrected chi connectivity index (χ3v) is 3.48. The summed E-state index contributed by atoms with van der Waals surface area (Å²) in [6.07, 6.45) is 2.48. The Balaban J connectivity index is 1.96. The molecule has 0 saturated carbocycles. The summed E-state index contributed by atoms with van der Waals surface area (Å²) in [5, 5.41) is 3.92. The van der Waals surface area contributed by atoms with Gasteiger partial charge >= 0.3 is 0 Å². The molecule has 2 N–H and O–H groups in total. The summed E-state index contributed by atoms with van der Waals surface area (Å²) in [7, 11) is 0. The molecule has 90 valence electrons. The molecule has 1 aromatic rings. The van der Waals surface area contributed by atoms with Crippen molar-refractivity contribution >= 4 is 0 Å². The molecule has 0 spiro atoms. The van der Waals surface area contributed by atoms with Gasteiger partial charge in [0.15, 0.2) is 5.76 Å². The monoisotopic (exact) mass is 223 g/mol. The third-order valence-electron chi connectivity index (χ3n) is 3.48. The normalized spacial score (nSPS) is 27.2. The molecule has 2 unspecified atom stereocenters. The van der Waals surface area contributed by atoms with Crippen LogP contribution in [0.2, 0.25) is 0 Å². The van der Waals surface area contributed by atoms with Crippen LogP contribution in [0.1, 0.15) is 31.2 Å². The highest BCUT2D eigenvalue weighted by molar-refractivity contribution is 5.03. The summed E-state index contributed by atoms with van der Waals surface area (Å²) < 4.78 is 5.26. The molecule has 4 heteroatoms. The summed E-state index contributed by atoms with van der Waals surface area (Å²) in [6, 6.07) is 2.63. The second-order valence-corrected chi connectivity index (χ2v) is 4.89. The minimum absolute atomic E-state index is 0.619. The molecule has 1 aliphatic rings. The van der Waals surface area contributed by atoms with Gasteiger partial charge in [0.25, 0.3) is 0 Å². The predicted molar refractivity (Wildman–Crippen MR) is 62.9 cm³/mol. The molecule has 4 nitrogen and oxygen atoms in total. The molecule has 1 fully saturated rings. The maximum absolute atomic E-state index is 5.75. The van der Waals surface area contributed by atoms with E-state index in [1.165, 1.54) is 12.8 Å². The highest BCUT2D eigenvalue weighted by atomic mass is 16.5. The van der Waals surface area contributed by atoms with Gasteiger partial charge in [-0.05, 0) is 39.2 Å². The van der Waals surface area contributed by atoms with Crippen LogP contribution in [0.15, 0.2) is 10.6 Å². The first kappa shape index (κ1) is 11.6. The quantitative estimate of drug-likeness (QED) is 0.844. The fraction of sp³-hybridized carbons (Fsp3) is 0.750. The molecule has 0 radical (unpaired) electrons. The molecule has 2 atom stereocenters.